The third kappa shape index (κ3) is 3.46. The standard InChI is InChI=1S/C18H22N2O2S/c1-12-6-7-14(10-21)9-20(12)18(22)16-5-3-4-15(8-16)17-11-23-13(2)19-17/h3-5,8,11-12,14,21H,6-7,9-10H2,1-2H3. The molecule has 5 heteroatoms. The van der Waals surface area contributed by atoms with E-state index in [4.69, 9.17) is 0 Å². The molecule has 0 spiro atoms. The average molecular weight is 330 g/mol. The number of hydrogen-bond donors (Lipinski definition) is 1. The number of benzene rings is 1. The van der Waals surface area contributed by atoms with E-state index in [2.05, 4.69) is 11.9 Å². The molecule has 1 aliphatic rings. The van der Waals surface area contributed by atoms with Crippen LogP contribution in [0.25, 0.3) is 11.3 Å². The molecule has 3 rings (SSSR count). The minimum atomic E-state index is 0.0458. The normalized spacial score (nSPS) is 21.4. The molecule has 1 aromatic carbocycles. The van der Waals surface area contributed by atoms with Gasteiger partial charge in [0.2, 0.25) is 0 Å². The lowest BCUT2D eigenvalue weighted by molar-refractivity contribution is 0.0489. The van der Waals surface area contributed by atoms with Gasteiger partial charge in [-0.3, -0.25) is 4.79 Å². The SMILES string of the molecule is Cc1nc(-c2cccc(C(=O)N3CC(CO)CCC3C)c2)cs1. The summed E-state index contributed by atoms with van der Waals surface area (Å²) >= 11 is 1.61. The molecule has 1 aliphatic heterocycles. The number of thiazole rings is 1. The lowest BCUT2D eigenvalue weighted by Crippen LogP contribution is -2.46. The Labute approximate surface area is 140 Å². The van der Waals surface area contributed by atoms with Gasteiger partial charge in [-0.15, -0.1) is 11.3 Å². The number of carbonyl (C=O) groups excluding carboxylic acids is 1. The van der Waals surface area contributed by atoms with E-state index in [1.807, 2.05) is 41.5 Å². The van der Waals surface area contributed by atoms with Gasteiger partial charge in [-0.1, -0.05) is 12.1 Å². The zero-order chi connectivity index (χ0) is 16.4. The molecular formula is C18H22N2O2S. The number of rotatable bonds is 3. The maximum atomic E-state index is 12.9. The lowest BCUT2D eigenvalue weighted by Gasteiger charge is -2.37. The minimum absolute atomic E-state index is 0.0458. The number of hydrogen-bond acceptors (Lipinski definition) is 4. The third-order valence-corrected chi connectivity index (χ3v) is 5.30. The van der Waals surface area contributed by atoms with Gasteiger partial charge in [-0.25, -0.2) is 4.98 Å². The number of carbonyl (C=O) groups is 1. The highest BCUT2D eigenvalue weighted by Gasteiger charge is 2.29. The van der Waals surface area contributed by atoms with Crippen molar-refractivity contribution in [3.63, 3.8) is 0 Å². The first kappa shape index (κ1) is 16.1. The van der Waals surface area contributed by atoms with E-state index in [-0.39, 0.29) is 24.5 Å². The van der Waals surface area contributed by atoms with Crippen molar-refractivity contribution in [1.82, 2.24) is 9.88 Å². The highest BCUT2D eigenvalue weighted by Crippen LogP contribution is 2.26. The third-order valence-electron chi connectivity index (χ3n) is 4.52. The van der Waals surface area contributed by atoms with Crippen molar-refractivity contribution in [2.45, 2.75) is 32.7 Å². The summed E-state index contributed by atoms with van der Waals surface area (Å²) in [4.78, 5) is 19.3. The Morgan fingerprint density at radius 2 is 2.26 bits per heavy atom. The van der Waals surface area contributed by atoms with Crippen molar-refractivity contribution in [1.29, 1.82) is 0 Å². The Kier molecular flexibility index (Phi) is 4.78. The monoisotopic (exact) mass is 330 g/mol. The molecule has 1 saturated heterocycles. The molecule has 0 aliphatic carbocycles. The van der Waals surface area contributed by atoms with Gasteiger partial charge >= 0.3 is 0 Å². The molecule has 0 bridgehead atoms. The van der Waals surface area contributed by atoms with Crippen molar-refractivity contribution in [2.24, 2.45) is 5.92 Å². The van der Waals surface area contributed by atoms with E-state index in [0.717, 1.165) is 29.1 Å². The first-order chi connectivity index (χ1) is 11.1. The second kappa shape index (κ2) is 6.81. The van der Waals surface area contributed by atoms with Crippen molar-refractivity contribution >= 4 is 17.2 Å². The molecule has 2 atom stereocenters. The summed E-state index contributed by atoms with van der Waals surface area (Å²) in [7, 11) is 0. The maximum Gasteiger partial charge on any atom is 0.254 e. The zero-order valence-corrected chi connectivity index (χ0v) is 14.3. The van der Waals surface area contributed by atoms with Crippen LogP contribution in [0.15, 0.2) is 29.6 Å². The number of aliphatic hydroxyl groups is 1. The second-order valence-electron chi connectivity index (χ2n) is 6.27. The molecular weight excluding hydrogens is 308 g/mol. The highest BCUT2D eigenvalue weighted by molar-refractivity contribution is 7.09. The van der Waals surface area contributed by atoms with Gasteiger partial charge in [0.25, 0.3) is 5.91 Å². The Balaban J connectivity index is 1.84. The summed E-state index contributed by atoms with van der Waals surface area (Å²) < 4.78 is 0. The van der Waals surface area contributed by atoms with Gasteiger partial charge in [0.15, 0.2) is 0 Å². The van der Waals surface area contributed by atoms with Gasteiger partial charge < -0.3 is 10.0 Å². The number of aliphatic hydroxyl groups excluding tert-OH is 1. The summed E-state index contributed by atoms with van der Waals surface area (Å²) in [5, 5.41) is 12.4. The molecule has 0 saturated carbocycles. The summed E-state index contributed by atoms with van der Waals surface area (Å²) in [5.41, 5.74) is 2.59. The molecule has 0 radical (unpaired) electrons. The molecule has 2 unspecified atom stereocenters. The molecule has 1 amide bonds. The van der Waals surface area contributed by atoms with E-state index in [0.29, 0.717) is 12.1 Å². The maximum absolute atomic E-state index is 12.9. The molecule has 23 heavy (non-hydrogen) atoms. The Morgan fingerprint density at radius 1 is 1.43 bits per heavy atom. The van der Waals surface area contributed by atoms with Crippen molar-refractivity contribution in [2.75, 3.05) is 13.2 Å². The fourth-order valence-electron chi connectivity index (χ4n) is 3.09. The molecule has 2 aromatic rings. The zero-order valence-electron chi connectivity index (χ0n) is 13.5. The molecule has 1 aromatic heterocycles. The lowest BCUT2D eigenvalue weighted by atomic mass is 9.93. The fourth-order valence-corrected chi connectivity index (χ4v) is 3.71. The van der Waals surface area contributed by atoms with Crippen molar-refractivity contribution < 1.29 is 9.90 Å². The molecule has 1 N–H and O–H groups in total. The number of nitrogens with zero attached hydrogens (tertiary/aromatic N) is 2. The van der Waals surface area contributed by atoms with Crippen LogP contribution in [0.1, 0.15) is 35.1 Å². The summed E-state index contributed by atoms with van der Waals surface area (Å²) in [5.74, 6) is 0.240. The average Bonchev–Trinajstić information content (AvgIpc) is 3.01. The van der Waals surface area contributed by atoms with Gasteiger partial charge in [0.1, 0.15) is 0 Å². The summed E-state index contributed by atoms with van der Waals surface area (Å²) in [6, 6.07) is 7.90. The fraction of sp³-hybridized carbons (Fsp3) is 0.444. The Hall–Kier alpha value is -1.72. The Bertz CT molecular complexity index is 698. The first-order valence-corrected chi connectivity index (χ1v) is 8.91. The summed E-state index contributed by atoms with van der Waals surface area (Å²) in [6.45, 7) is 4.85. The van der Waals surface area contributed by atoms with Crippen LogP contribution < -0.4 is 0 Å². The van der Waals surface area contributed by atoms with Crippen LogP contribution in [0.2, 0.25) is 0 Å². The highest BCUT2D eigenvalue weighted by atomic mass is 32.1. The van der Waals surface area contributed by atoms with Crippen molar-refractivity contribution in [3.8, 4) is 11.3 Å². The molecule has 2 heterocycles. The second-order valence-corrected chi connectivity index (χ2v) is 7.33. The van der Waals surface area contributed by atoms with Gasteiger partial charge in [0, 0.05) is 35.7 Å². The predicted octanol–water partition coefficient (Wildman–Crippen LogP) is 3.35. The van der Waals surface area contributed by atoms with E-state index in [9.17, 15) is 9.90 Å². The number of piperidine rings is 1. The van der Waals surface area contributed by atoms with E-state index >= 15 is 0 Å². The number of likely N-dealkylation sites (tertiary alicyclic amines) is 1. The molecule has 122 valence electrons. The Morgan fingerprint density at radius 3 is 2.96 bits per heavy atom. The topological polar surface area (TPSA) is 53.4 Å². The van der Waals surface area contributed by atoms with Crippen LogP contribution in [0.5, 0.6) is 0 Å². The minimum Gasteiger partial charge on any atom is -0.396 e. The van der Waals surface area contributed by atoms with Crippen LogP contribution in [0, 0.1) is 12.8 Å². The number of amides is 1. The van der Waals surface area contributed by atoms with E-state index < -0.39 is 0 Å². The van der Waals surface area contributed by atoms with Crippen LogP contribution in [-0.2, 0) is 0 Å². The number of aromatic nitrogens is 1. The molecule has 1 fully saturated rings. The number of aryl methyl sites for hydroxylation is 1. The van der Waals surface area contributed by atoms with Gasteiger partial charge in [-0.05, 0) is 44.7 Å². The van der Waals surface area contributed by atoms with Crippen LogP contribution >= 0.6 is 11.3 Å². The van der Waals surface area contributed by atoms with Crippen molar-refractivity contribution in [3.05, 3.63) is 40.2 Å². The largest absolute Gasteiger partial charge is 0.396 e. The van der Waals surface area contributed by atoms with E-state index in [1.165, 1.54) is 0 Å². The predicted molar refractivity (Wildman–Crippen MR) is 92.6 cm³/mol. The van der Waals surface area contributed by atoms with Crippen LogP contribution in [0.4, 0.5) is 0 Å². The van der Waals surface area contributed by atoms with E-state index in [1.54, 1.807) is 11.3 Å². The van der Waals surface area contributed by atoms with Crippen LogP contribution in [0.3, 0.4) is 0 Å². The van der Waals surface area contributed by atoms with Gasteiger partial charge in [-0.2, -0.15) is 0 Å². The van der Waals surface area contributed by atoms with Gasteiger partial charge in [0.05, 0.1) is 10.7 Å². The smallest absolute Gasteiger partial charge is 0.254 e. The van der Waals surface area contributed by atoms with Crippen LogP contribution in [-0.4, -0.2) is 40.1 Å². The summed E-state index contributed by atoms with van der Waals surface area (Å²) in [6.07, 6.45) is 1.93. The quantitative estimate of drug-likeness (QED) is 0.939. The molecule has 4 nitrogen and oxygen atoms in total. The first-order valence-electron chi connectivity index (χ1n) is 8.03.